The lowest BCUT2D eigenvalue weighted by atomic mass is 10.1. The van der Waals surface area contributed by atoms with Gasteiger partial charge in [0.1, 0.15) is 16.6 Å². The van der Waals surface area contributed by atoms with E-state index in [1.165, 1.54) is 22.5 Å². The van der Waals surface area contributed by atoms with Crippen LogP contribution in [0.25, 0.3) is 16.8 Å². The molecule has 0 bridgehead atoms. The zero-order chi connectivity index (χ0) is 17.6. The molecule has 0 aliphatic carbocycles. The van der Waals surface area contributed by atoms with E-state index >= 15 is 0 Å². The van der Waals surface area contributed by atoms with Gasteiger partial charge >= 0.3 is 0 Å². The topological polar surface area (TPSA) is 48.7 Å². The van der Waals surface area contributed by atoms with Crippen molar-refractivity contribution in [3.05, 3.63) is 76.2 Å². The molecule has 0 fully saturated rings. The lowest BCUT2D eigenvalue weighted by Gasteiger charge is -2.02. The summed E-state index contributed by atoms with van der Waals surface area (Å²) >= 11 is 1.48. The lowest BCUT2D eigenvalue weighted by molar-refractivity contribution is 1.14. The molecule has 25 heavy (non-hydrogen) atoms. The number of anilines is 1. The van der Waals surface area contributed by atoms with Crippen molar-refractivity contribution < 1.29 is 0 Å². The fourth-order valence-electron chi connectivity index (χ4n) is 2.47. The number of nitrogens with zero attached hydrogens (tertiary/aromatic N) is 2. The molecule has 124 valence electrons. The first-order valence-electron chi connectivity index (χ1n) is 8.18. The standard InChI is InChI=1S/C21H19N3S/c1-3-16-7-9-17(10-8-16)20-14-25-21(24-20)18(12-22)13-23-19-6-4-5-15(2)11-19/h4-11,13-14,23H,3H2,1-2H3. The second-order valence-corrected chi connectivity index (χ2v) is 6.63. The van der Waals surface area contributed by atoms with E-state index in [0.29, 0.717) is 5.57 Å². The molecule has 0 unspecified atom stereocenters. The number of benzene rings is 2. The summed E-state index contributed by atoms with van der Waals surface area (Å²) in [5.74, 6) is 0. The van der Waals surface area contributed by atoms with Crippen LogP contribution in [0.15, 0.2) is 60.1 Å². The number of aryl methyl sites for hydroxylation is 2. The maximum absolute atomic E-state index is 9.47. The monoisotopic (exact) mass is 345 g/mol. The summed E-state index contributed by atoms with van der Waals surface area (Å²) in [4.78, 5) is 4.62. The van der Waals surface area contributed by atoms with E-state index in [2.05, 4.69) is 47.6 Å². The second kappa shape index (κ2) is 7.78. The number of rotatable bonds is 5. The quantitative estimate of drug-likeness (QED) is 0.607. The minimum absolute atomic E-state index is 0.530. The summed E-state index contributed by atoms with van der Waals surface area (Å²) in [6.45, 7) is 4.18. The van der Waals surface area contributed by atoms with Crippen molar-refractivity contribution in [1.82, 2.24) is 4.98 Å². The molecule has 1 aromatic heterocycles. The van der Waals surface area contributed by atoms with Gasteiger partial charge in [0.15, 0.2) is 0 Å². The van der Waals surface area contributed by atoms with Crippen molar-refractivity contribution in [3.8, 4) is 17.3 Å². The van der Waals surface area contributed by atoms with Gasteiger partial charge in [-0.15, -0.1) is 11.3 Å². The Bertz CT molecular complexity index is 930. The fraction of sp³-hybridized carbons (Fsp3) is 0.143. The number of nitriles is 1. The van der Waals surface area contributed by atoms with Gasteiger partial charge in [-0.05, 0) is 36.6 Å². The van der Waals surface area contributed by atoms with Crippen molar-refractivity contribution in [3.63, 3.8) is 0 Å². The second-order valence-electron chi connectivity index (χ2n) is 5.77. The third kappa shape index (κ3) is 4.14. The van der Waals surface area contributed by atoms with Crippen LogP contribution in [0.5, 0.6) is 0 Å². The normalized spacial score (nSPS) is 11.2. The Kier molecular flexibility index (Phi) is 5.27. The zero-order valence-electron chi connectivity index (χ0n) is 14.3. The molecule has 0 radical (unpaired) electrons. The third-order valence-corrected chi connectivity index (χ3v) is 4.79. The van der Waals surface area contributed by atoms with E-state index in [9.17, 15) is 5.26 Å². The molecule has 2 aromatic carbocycles. The SMILES string of the molecule is CCc1ccc(-c2csc(C(C#N)=CNc3cccc(C)c3)n2)cc1. The van der Waals surface area contributed by atoms with Crippen LogP contribution in [-0.4, -0.2) is 4.98 Å². The minimum atomic E-state index is 0.530. The fourth-order valence-corrected chi connectivity index (χ4v) is 3.27. The zero-order valence-corrected chi connectivity index (χ0v) is 15.1. The maximum Gasteiger partial charge on any atom is 0.136 e. The molecule has 0 aliphatic rings. The lowest BCUT2D eigenvalue weighted by Crippen LogP contribution is -1.91. The largest absolute Gasteiger partial charge is 0.360 e. The van der Waals surface area contributed by atoms with E-state index in [-0.39, 0.29) is 0 Å². The Morgan fingerprint density at radius 3 is 2.72 bits per heavy atom. The predicted molar refractivity (Wildman–Crippen MR) is 105 cm³/mol. The van der Waals surface area contributed by atoms with Crippen LogP contribution in [0.2, 0.25) is 0 Å². The minimum Gasteiger partial charge on any atom is -0.360 e. The van der Waals surface area contributed by atoms with Gasteiger partial charge in [-0.1, -0.05) is 43.3 Å². The van der Waals surface area contributed by atoms with Gasteiger partial charge in [-0.3, -0.25) is 0 Å². The Morgan fingerprint density at radius 2 is 2.04 bits per heavy atom. The maximum atomic E-state index is 9.47. The highest BCUT2D eigenvalue weighted by Gasteiger charge is 2.09. The molecule has 0 amide bonds. The van der Waals surface area contributed by atoms with Crippen LogP contribution >= 0.6 is 11.3 Å². The Balaban J connectivity index is 1.81. The molecule has 3 aromatic rings. The first-order chi connectivity index (χ1) is 12.2. The summed E-state index contributed by atoms with van der Waals surface area (Å²) in [6, 6.07) is 18.7. The van der Waals surface area contributed by atoms with Crippen LogP contribution in [0, 0.1) is 18.3 Å². The summed E-state index contributed by atoms with van der Waals surface area (Å²) < 4.78 is 0. The number of allylic oxidation sites excluding steroid dienone is 1. The van der Waals surface area contributed by atoms with E-state index in [1.807, 2.05) is 36.6 Å². The Hall–Kier alpha value is -2.90. The van der Waals surface area contributed by atoms with Crippen LogP contribution < -0.4 is 5.32 Å². The van der Waals surface area contributed by atoms with E-state index in [4.69, 9.17) is 0 Å². The van der Waals surface area contributed by atoms with Crippen molar-refractivity contribution in [2.24, 2.45) is 0 Å². The first-order valence-corrected chi connectivity index (χ1v) is 9.06. The highest BCUT2D eigenvalue weighted by atomic mass is 32.1. The van der Waals surface area contributed by atoms with Gasteiger partial charge in [0.25, 0.3) is 0 Å². The summed E-state index contributed by atoms with van der Waals surface area (Å²) in [5.41, 5.74) is 5.94. The molecular weight excluding hydrogens is 326 g/mol. The molecule has 0 spiro atoms. The molecule has 3 nitrogen and oxygen atoms in total. The molecule has 0 saturated carbocycles. The molecular formula is C21H19N3S. The number of hydrogen-bond acceptors (Lipinski definition) is 4. The summed E-state index contributed by atoms with van der Waals surface area (Å²) in [6.07, 6.45) is 2.74. The first kappa shape index (κ1) is 16.9. The predicted octanol–water partition coefficient (Wildman–Crippen LogP) is 5.66. The van der Waals surface area contributed by atoms with Crippen molar-refractivity contribution in [1.29, 1.82) is 5.26 Å². The molecule has 1 N–H and O–H groups in total. The third-order valence-electron chi connectivity index (χ3n) is 3.91. The molecule has 3 rings (SSSR count). The van der Waals surface area contributed by atoms with Gasteiger partial charge < -0.3 is 5.32 Å². The van der Waals surface area contributed by atoms with Crippen molar-refractivity contribution in [2.45, 2.75) is 20.3 Å². The molecule has 0 saturated heterocycles. The van der Waals surface area contributed by atoms with Crippen LogP contribution in [0.1, 0.15) is 23.1 Å². The van der Waals surface area contributed by atoms with Crippen LogP contribution in [0.4, 0.5) is 5.69 Å². The molecule has 4 heteroatoms. The van der Waals surface area contributed by atoms with Gasteiger partial charge in [-0.25, -0.2) is 4.98 Å². The van der Waals surface area contributed by atoms with Crippen molar-refractivity contribution in [2.75, 3.05) is 5.32 Å². The van der Waals surface area contributed by atoms with Crippen molar-refractivity contribution >= 4 is 22.6 Å². The highest BCUT2D eigenvalue weighted by molar-refractivity contribution is 7.11. The van der Waals surface area contributed by atoms with E-state index in [0.717, 1.165) is 28.4 Å². The van der Waals surface area contributed by atoms with Crippen LogP contribution in [-0.2, 0) is 6.42 Å². The number of aromatic nitrogens is 1. The Morgan fingerprint density at radius 1 is 1.24 bits per heavy atom. The Labute approximate surface area is 152 Å². The smallest absolute Gasteiger partial charge is 0.136 e. The molecule has 0 atom stereocenters. The van der Waals surface area contributed by atoms with Crippen LogP contribution in [0.3, 0.4) is 0 Å². The number of thiazole rings is 1. The average molecular weight is 345 g/mol. The van der Waals surface area contributed by atoms with E-state index in [1.54, 1.807) is 6.20 Å². The highest BCUT2D eigenvalue weighted by Crippen LogP contribution is 2.26. The summed E-state index contributed by atoms with van der Waals surface area (Å²) in [7, 11) is 0. The van der Waals surface area contributed by atoms with E-state index < -0.39 is 0 Å². The van der Waals surface area contributed by atoms with Gasteiger partial charge in [0.05, 0.1) is 5.69 Å². The van der Waals surface area contributed by atoms with Gasteiger partial charge in [0, 0.05) is 22.8 Å². The number of hydrogen-bond donors (Lipinski definition) is 1. The van der Waals surface area contributed by atoms with Gasteiger partial charge in [0.2, 0.25) is 0 Å². The van der Waals surface area contributed by atoms with Gasteiger partial charge in [-0.2, -0.15) is 5.26 Å². The molecule has 1 heterocycles. The summed E-state index contributed by atoms with van der Waals surface area (Å²) in [5, 5.41) is 15.4. The molecule has 0 aliphatic heterocycles. The average Bonchev–Trinajstić information content (AvgIpc) is 3.12. The number of nitrogens with one attached hydrogen (secondary N) is 1.